The van der Waals surface area contributed by atoms with Gasteiger partial charge in [0.15, 0.2) is 5.84 Å². The number of carbonyl (C=O) groups excluding carboxylic acids is 2. The Morgan fingerprint density at radius 3 is 2.44 bits per heavy atom. The van der Waals surface area contributed by atoms with E-state index in [2.05, 4.69) is 32.0 Å². The molecule has 2 saturated heterocycles. The van der Waals surface area contributed by atoms with Gasteiger partial charge in [-0.25, -0.2) is 18.8 Å². The van der Waals surface area contributed by atoms with E-state index in [1.165, 1.54) is 0 Å². The number of carbonyl (C=O) groups is 2. The molecule has 2 aliphatic rings. The van der Waals surface area contributed by atoms with Crippen LogP contribution in [0.15, 0.2) is 40.1 Å². The third kappa shape index (κ3) is 14.4. The normalized spacial score (nSPS) is 20.1. The van der Waals surface area contributed by atoms with Crippen molar-refractivity contribution in [3.8, 4) is 0 Å². The van der Waals surface area contributed by atoms with Crippen LogP contribution in [0.4, 0.5) is 27.9 Å². The van der Waals surface area contributed by atoms with Gasteiger partial charge >= 0.3 is 6.18 Å². The molecule has 306 valence electrons. The molecule has 4 N–H and O–H groups in total. The fraction of sp³-hybridized carbons (Fsp3) is 0.703. The van der Waals surface area contributed by atoms with Crippen LogP contribution in [0.5, 0.6) is 0 Å². The highest BCUT2D eigenvalue weighted by molar-refractivity contribution is 6.37. The number of amides is 2. The van der Waals surface area contributed by atoms with Crippen molar-refractivity contribution in [3.05, 3.63) is 35.8 Å². The second-order valence-electron chi connectivity index (χ2n) is 13.6. The predicted molar refractivity (Wildman–Crippen MR) is 202 cm³/mol. The van der Waals surface area contributed by atoms with Crippen molar-refractivity contribution in [2.24, 2.45) is 34.6 Å². The van der Waals surface area contributed by atoms with E-state index in [-0.39, 0.29) is 43.9 Å². The number of aromatic nitrogens is 2. The number of unbranched alkanes of at least 4 members (excludes halogenated alkanes) is 1. The highest BCUT2D eigenvalue weighted by atomic mass is 19.4. The molecule has 3 heterocycles. The SMILES string of the molecule is C=CN=C(N)C(=O)NC(CCCCC(C)(F)F)c1cn(C)c(/N=C(\C(C[C@H]2CC(C(F)(F)F)CNC2=O)=C(C)CC)N2CCN(CCOC)CC2)n1.CC. The molecule has 17 heteroatoms. The first-order chi connectivity index (χ1) is 25.5. The Hall–Kier alpha value is -3.86. The lowest BCUT2D eigenvalue weighted by atomic mass is 9.83. The fourth-order valence-corrected chi connectivity index (χ4v) is 6.29. The number of piperazine rings is 1. The zero-order chi connectivity index (χ0) is 40.6. The van der Waals surface area contributed by atoms with E-state index in [9.17, 15) is 31.5 Å². The molecule has 54 heavy (non-hydrogen) atoms. The summed E-state index contributed by atoms with van der Waals surface area (Å²) in [6, 6.07) is -0.725. The number of alkyl halides is 5. The quantitative estimate of drug-likeness (QED) is 0.0805. The molecule has 0 aliphatic carbocycles. The van der Waals surface area contributed by atoms with Crippen LogP contribution in [0.25, 0.3) is 0 Å². The number of rotatable bonds is 16. The molecule has 0 saturated carbocycles. The summed E-state index contributed by atoms with van der Waals surface area (Å²) in [4.78, 5) is 43.7. The van der Waals surface area contributed by atoms with Gasteiger partial charge in [-0.3, -0.25) is 14.5 Å². The number of aryl methyl sites for hydroxylation is 1. The topological polar surface area (TPSA) is 142 Å². The number of hydrogen-bond donors (Lipinski definition) is 3. The van der Waals surface area contributed by atoms with Gasteiger partial charge in [-0.1, -0.05) is 39.3 Å². The Balaban J connectivity index is 0.00000495. The number of nitrogens with two attached hydrogens (primary N) is 1. The molecule has 2 unspecified atom stereocenters. The summed E-state index contributed by atoms with van der Waals surface area (Å²) in [7, 11) is 3.36. The maximum atomic E-state index is 13.8. The maximum absolute atomic E-state index is 13.8. The van der Waals surface area contributed by atoms with Gasteiger partial charge in [-0.2, -0.15) is 18.2 Å². The molecule has 0 spiro atoms. The summed E-state index contributed by atoms with van der Waals surface area (Å²) in [6.45, 7) is 15.5. The van der Waals surface area contributed by atoms with Gasteiger partial charge in [0.05, 0.1) is 24.3 Å². The minimum atomic E-state index is -4.44. The third-order valence-electron chi connectivity index (χ3n) is 9.54. The van der Waals surface area contributed by atoms with E-state index in [1.807, 2.05) is 27.7 Å². The summed E-state index contributed by atoms with van der Waals surface area (Å²) in [5, 5.41) is 5.25. The molecule has 2 amide bonds. The van der Waals surface area contributed by atoms with Gasteiger partial charge in [0.2, 0.25) is 17.8 Å². The Morgan fingerprint density at radius 2 is 1.87 bits per heavy atom. The molecular formula is C37H60F5N9O3. The standard InChI is InChI=1S/C35H54F5N9O3.C2H6/c1-7-23(3)26(20-24-19-25(35(38,39)40)21-43-31(24)50)30(49-15-13-48(14-16-49)17-18-52-6)46-33-45-28(22-47(33)5)27(11-9-10-12-34(4,36)37)44-32(51)29(41)42-8-2;1-2/h8,22,24-25,27H,2,7,9-21H2,1,3-6H3,(H2,41,42)(H,43,50)(H,44,51);1-2H3/b26-23?,46-30+;/t24-,25?,27?;/m1./s1. The lowest BCUT2D eigenvalue weighted by Gasteiger charge is -2.38. The molecule has 1 aromatic heterocycles. The second-order valence-corrected chi connectivity index (χ2v) is 13.6. The molecule has 2 fully saturated rings. The molecule has 0 aromatic carbocycles. The molecule has 0 bridgehead atoms. The van der Waals surface area contributed by atoms with Gasteiger partial charge in [0, 0.05) is 78.2 Å². The van der Waals surface area contributed by atoms with Crippen LogP contribution in [0.3, 0.4) is 0 Å². The predicted octanol–water partition coefficient (Wildman–Crippen LogP) is 6.05. The average molecular weight is 774 g/mol. The first-order valence-corrected chi connectivity index (χ1v) is 18.7. The molecule has 3 atom stereocenters. The highest BCUT2D eigenvalue weighted by Gasteiger charge is 2.45. The number of halogens is 5. The lowest BCUT2D eigenvalue weighted by Crippen LogP contribution is -2.50. The van der Waals surface area contributed by atoms with Gasteiger partial charge in [-0.15, -0.1) is 0 Å². The molecule has 0 radical (unpaired) electrons. The number of nitrogens with one attached hydrogen (secondary N) is 2. The number of allylic oxidation sites excluding steroid dienone is 1. The van der Waals surface area contributed by atoms with Crippen LogP contribution >= 0.6 is 0 Å². The zero-order valence-corrected chi connectivity index (χ0v) is 32.9. The first kappa shape index (κ1) is 46.3. The highest BCUT2D eigenvalue weighted by Crippen LogP contribution is 2.36. The Bertz CT molecular complexity index is 1460. The smallest absolute Gasteiger partial charge is 0.383 e. The number of amidine groups is 2. The Labute approximate surface area is 316 Å². The molecule has 2 aliphatic heterocycles. The molecule has 1 aromatic rings. The van der Waals surface area contributed by atoms with Gasteiger partial charge < -0.3 is 30.6 Å². The molecule has 12 nitrogen and oxygen atoms in total. The number of ether oxygens (including phenoxy) is 1. The van der Waals surface area contributed by atoms with Crippen molar-refractivity contribution >= 4 is 29.4 Å². The van der Waals surface area contributed by atoms with E-state index < -0.39 is 48.3 Å². The van der Waals surface area contributed by atoms with Crippen LogP contribution in [-0.4, -0.2) is 108 Å². The summed E-state index contributed by atoms with van der Waals surface area (Å²) in [5.74, 6) is -6.07. The van der Waals surface area contributed by atoms with E-state index in [0.717, 1.165) is 25.2 Å². The van der Waals surface area contributed by atoms with Crippen molar-refractivity contribution < 1.29 is 36.3 Å². The van der Waals surface area contributed by atoms with Crippen LogP contribution in [0, 0.1) is 11.8 Å². The van der Waals surface area contributed by atoms with Crippen molar-refractivity contribution in [2.45, 2.75) is 97.7 Å². The first-order valence-electron chi connectivity index (χ1n) is 18.7. The summed E-state index contributed by atoms with van der Waals surface area (Å²) >= 11 is 0. The van der Waals surface area contributed by atoms with Gasteiger partial charge in [-0.05, 0) is 51.5 Å². The van der Waals surface area contributed by atoms with Crippen LogP contribution < -0.4 is 16.4 Å². The average Bonchev–Trinajstić information content (AvgIpc) is 3.50. The summed E-state index contributed by atoms with van der Waals surface area (Å²) in [6.07, 6.45) is -0.820. The van der Waals surface area contributed by atoms with Gasteiger partial charge in [0.1, 0.15) is 5.84 Å². The van der Waals surface area contributed by atoms with E-state index >= 15 is 0 Å². The second kappa shape index (κ2) is 21.9. The monoisotopic (exact) mass is 773 g/mol. The van der Waals surface area contributed by atoms with Crippen LogP contribution in [0.1, 0.15) is 91.3 Å². The number of aliphatic imine (C=N–C) groups is 2. The van der Waals surface area contributed by atoms with E-state index in [0.29, 0.717) is 62.7 Å². The van der Waals surface area contributed by atoms with E-state index in [1.54, 1.807) is 24.9 Å². The molecular weight excluding hydrogens is 713 g/mol. The summed E-state index contributed by atoms with van der Waals surface area (Å²) < 4.78 is 75.4. The number of nitrogens with zero attached hydrogens (tertiary/aromatic N) is 6. The van der Waals surface area contributed by atoms with Crippen molar-refractivity contribution in [1.29, 1.82) is 0 Å². The Morgan fingerprint density at radius 1 is 1.20 bits per heavy atom. The van der Waals surface area contributed by atoms with Crippen LogP contribution in [0.2, 0.25) is 0 Å². The minimum absolute atomic E-state index is 0.0563. The number of methoxy groups -OCH3 is 1. The molecule has 3 rings (SSSR count). The maximum Gasteiger partial charge on any atom is 0.393 e. The third-order valence-corrected chi connectivity index (χ3v) is 9.54. The lowest BCUT2D eigenvalue weighted by molar-refractivity contribution is -0.183. The number of hydrogen-bond acceptors (Lipinski definition) is 7. The fourth-order valence-electron chi connectivity index (χ4n) is 6.29. The Kier molecular flexibility index (Phi) is 18.8. The van der Waals surface area contributed by atoms with Crippen LogP contribution in [-0.2, 0) is 21.4 Å². The minimum Gasteiger partial charge on any atom is -0.383 e. The number of piperidine rings is 1. The van der Waals surface area contributed by atoms with Crippen molar-refractivity contribution in [2.75, 3.05) is 53.0 Å². The van der Waals surface area contributed by atoms with E-state index in [4.69, 9.17) is 20.4 Å². The largest absolute Gasteiger partial charge is 0.393 e. The summed E-state index contributed by atoms with van der Waals surface area (Å²) in [5.41, 5.74) is 7.76. The van der Waals surface area contributed by atoms with Crippen molar-refractivity contribution in [1.82, 2.24) is 30.0 Å². The number of imidazole rings is 1. The van der Waals surface area contributed by atoms with Crippen molar-refractivity contribution in [3.63, 3.8) is 0 Å². The zero-order valence-electron chi connectivity index (χ0n) is 32.9. The van der Waals surface area contributed by atoms with Gasteiger partial charge in [0.25, 0.3) is 5.91 Å².